The Hall–Kier alpha value is -4.31. The highest BCUT2D eigenvalue weighted by molar-refractivity contribution is 7.47. The summed E-state index contributed by atoms with van der Waals surface area (Å²) in [5.74, 6) is -1.62. The van der Waals surface area contributed by atoms with Gasteiger partial charge in [-0.05, 0) is 128 Å². The minimum absolute atomic E-state index is 0.0817. The van der Waals surface area contributed by atoms with Gasteiger partial charge in [-0.15, -0.1) is 0 Å². The number of aliphatic hydroxyl groups excluding tert-OH is 2. The van der Waals surface area contributed by atoms with Crippen molar-refractivity contribution in [1.82, 2.24) is 0 Å². The molecule has 4 N–H and O–H groups in total. The van der Waals surface area contributed by atoms with Crippen molar-refractivity contribution in [2.75, 3.05) is 39.6 Å². The smallest absolute Gasteiger partial charge is 0.463 e. The number of allylic oxidation sites excluding steroid dienone is 22. The van der Waals surface area contributed by atoms with Crippen molar-refractivity contribution in [3.8, 4) is 0 Å². The average Bonchev–Trinajstić information content (AvgIpc) is 2.91. The molecular formula is C75H126O16P2. The lowest BCUT2D eigenvalue weighted by Crippen LogP contribution is -2.30. The monoisotopic (exact) mass is 1340 g/mol. The molecule has 18 heteroatoms. The van der Waals surface area contributed by atoms with Crippen molar-refractivity contribution in [3.63, 3.8) is 0 Å². The van der Waals surface area contributed by atoms with Gasteiger partial charge in [-0.25, -0.2) is 9.13 Å². The van der Waals surface area contributed by atoms with E-state index in [1.807, 2.05) is 0 Å². The van der Waals surface area contributed by atoms with Crippen molar-refractivity contribution >= 4 is 33.6 Å². The number of rotatable bonds is 66. The quantitative estimate of drug-likeness (QED) is 0.0146. The lowest BCUT2D eigenvalue weighted by Gasteiger charge is -2.21. The van der Waals surface area contributed by atoms with Crippen molar-refractivity contribution in [1.29, 1.82) is 0 Å². The normalized spacial score (nSPS) is 15.0. The first-order chi connectivity index (χ1) is 45.2. The highest BCUT2D eigenvalue weighted by Gasteiger charge is 2.29. The zero-order valence-corrected chi connectivity index (χ0v) is 59.4. The first kappa shape index (κ1) is 88.7. The molecule has 5 atom stereocenters. The number of hydrogen-bond acceptors (Lipinski definition) is 14. The van der Waals surface area contributed by atoms with Crippen LogP contribution in [-0.4, -0.2) is 95.9 Å². The Balaban J connectivity index is 4.49. The van der Waals surface area contributed by atoms with Crippen molar-refractivity contribution in [2.24, 2.45) is 0 Å². The molecule has 5 unspecified atom stereocenters. The Morgan fingerprint density at radius 1 is 0.312 bits per heavy atom. The molecule has 0 saturated carbocycles. The molecule has 0 fully saturated rings. The fraction of sp³-hybridized carbons (Fsp3) is 0.667. The molecule has 0 aromatic heterocycles. The van der Waals surface area contributed by atoms with E-state index in [9.17, 15) is 43.5 Å². The highest BCUT2D eigenvalue weighted by atomic mass is 31.2. The lowest BCUT2D eigenvalue weighted by atomic mass is 10.1. The highest BCUT2D eigenvalue weighted by Crippen LogP contribution is 2.45. The number of carbonyl (C=O) groups excluding carboxylic acids is 3. The number of carbonyl (C=O) groups is 3. The van der Waals surface area contributed by atoms with Gasteiger partial charge in [0.15, 0.2) is 6.10 Å². The Labute approximate surface area is 563 Å². The van der Waals surface area contributed by atoms with Gasteiger partial charge in [0.1, 0.15) is 25.4 Å². The first-order valence-electron chi connectivity index (χ1n) is 35.5. The predicted octanol–water partition coefficient (Wildman–Crippen LogP) is 20.0. The summed E-state index contributed by atoms with van der Waals surface area (Å²) in [7, 11) is -9.79. The van der Waals surface area contributed by atoms with Crippen LogP contribution in [0.25, 0.3) is 0 Å². The van der Waals surface area contributed by atoms with Crippen molar-refractivity contribution in [2.45, 2.75) is 283 Å². The van der Waals surface area contributed by atoms with Gasteiger partial charge in [0.25, 0.3) is 0 Å². The molecule has 0 aliphatic carbocycles. The summed E-state index contributed by atoms with van der Waals surface area (Å²) < 4.78 is 60.8. The van der Waals surface area contributed by atoms with Crippen LogP contribution in [0.1, 0.15) is 265 Å². The van der Waals surface area contributed by atoms with Crippen LogP contribution in [-0.2, 0) is 55.8 Å². The number of phosphoric acid groups is 2. The molecule has 0 aromatic rings. The van der Waals surface area contributed by atoms with E-state index >= 15 is 0 Å². The summed E-state index contributed by atoms with van der Waals surface area (Å²) in [6.45, 7) is 2.32. The summed E-state index contributed by atoms with van der Waals surface area (Å²) in [6, 6.07) is 0. The third-order valence-electron chi connectivity index (χ3n) is 14.3. The van der Waals surface area contributed by atoms with Gasteiger partial charge in [0.2, 0.25) is 0 Å². The fourth-order valence-electron chi connectivity index (χ4n) is 8.98. The zero-order chi connectivity index (χ0) is 68.1. The SMILES string of the molecule is CC/C=C\C/C=C\C/C=C\C/C=C\C/C=C\C/C=C\CCCCCCCCCCCCC(=O)OCC(O)COP(=O)(O)OCC(O)COP(=O)(O)OCC(COC(=O)CCCCCCC/C=C\C/C=C\C/C=C\CC)OC(=O)CCCCCCC/C=C\C/C=C\CCC. The lowest BCUT2D eigenvalue weighted by molar-refractivity contribution is -0.161. The van der Waals surface area contributed by atoms with Gasteiger partial charge in [-0.2, -0.15) is 0 Å². The number of ether oxygens (including phenoxy) is 3. The molecule has 0 radical (unpaired) electrons. The molecule has 532 valence electrons. The van der Waals surface area contributed by atoms with E-state index in [0.717, 1.165) is 173 Å². The Morgan fingerprint density at radius 2 is 0.570 bits per heavy atom. The topological polar surface area (TPSA) is 231 Å². The van der Waals surface area contributed by atoms with E-state index in [1.165, 1.54) is 32.1 Å². The Bertz CT molecular complexity index is 2230. The second kappa shape index (κ2) is 67.7. The molecular weight excluding hydrogens is 1220 g/mol. The van der Waals surface area contributed by atoms with Crippen LogP contribution in [0.3, 0.4) is 0 Å². The standard InChI is InChI=1S/C75H126O16P2/c1-4-7-10-13-16-19-22-25-27-28-29-30-31-32-33-34-35-36-37-38-39-40-42-45-46-49-52-55-58-61-73(78)85-64-70(76)65-87-92(81,82)88-66-71(77)67-89-93(83,84)90-69-72(91-75(80)63-60-57-54-51-48-43-24-21-18-15-12-9-6-3)68-86-74(79)62-59-56-53-50-47-44-41-26-23-20-17-14-11-8-5-2/h7-8,10-12,15-17,19-21,24-27,29-30,32-33,35-36,41,70-72,76-77H,4-6,9,13-14,18,22-23,28,31,34,37-40,42-69H2,1-3H3,(H,81,82)(H,83,84)/b10-7-,11-8-,15-12-,19-16-,20-17-,24-21-,27-25-,30-29-,33-32-,36-35-,41-26-. The van der Waals surface area contributed by atoms with Crippen LogP contribution in [0.4, 0.5) is 0 Å². The molecule has 93 heavy (non-hydrogen) atoms. The molecule has 0 aliphatic heterocycles. The van der Waals surface area contributed by atoms with E-state index in [-0.39, 0.29) is 19.3 Å². The van der Waals surface area contributed by atoms with E-state index in [1.54, 1.807) is 0 Å². The summed E-state index contributed by atoms with van der Waals surface area (Å²) in [5, 5.41) is 20.6. The molecule has 0 heterocycles. The second-order valence-corrected chi connectivity index (χ2v) is 26.2. The second-order valence-electron chi connectivity index (χ2n) is 23.3. The third kappa shape index (κ3) is 68.9. The van der Waals surface area contributed by atoms with E-state index in [2.05, 4.69) is 154 Å². The molecule has 0 bridgehead atoms. The number of phosphoric ester groups is 2. The summed E-state index contributed by atoms with van der Waals surface area (Å²) in [6.07, 6.45) is 79.4. The van der Waals surface area contributed by atoms with Gasteiger partial charge in [0, 0.05) is 19.3 Å². The van der Waals surface area contributed by atoms with Crippen LogP contribution in [0.5, 0.6) is 0 Å². The van der Waals surface area contributed by atoms with Crippen LogP contribution in [0, 0.1) is 0 Å². The maximum Gasteiger partial charge on any atom is 0.472 e. The first-order valence-corrected chi connectivity index (χ1v) is 38.5. The molecule has 0 amide bonds. The van der Waals surface area contributed by atoms with Crippen molar-refractivity contribution < 1.29 is 75.8 Å². The van der Waals surface area contributed by atoms with Gasteiger partial charge < -0.3 is 34.2 Å². The molecule has 0 aliphatic rings. The third-order valence-corrected chi connectivity index (χ3v) is 16.2. The van der Waals surface area contributed by atoms with E-state index in [4.69, 9.17) is 32.3 Å². The van der Waals surface area contributed by atoms with Crippen LogP contribution in [0.2, 0.25) is 0 Å². The fourth-order valence-corrected chi connectivity index (χ4v) is 10.6. The van der Waals surface area contributed by atoms with Gasteiger partial charge in [0.05, 0.1) is 26.4 Å². The van der Waals surface area contributed by atoms with E-state index in [0.29, 0.717) is 19.3 Å². The Morgan fingerprint density at radius 3 is 0.903 bits per heavy atom. The summed E-state index contributed by atoms with van der Waals surface area (Å²) in [4.78, 5) is 58.3. The predicted molar refractivity (Wildman–Crippen MR) is 380 cm³/mol. The minimum Gasteiger partial charge on any atom is -0.463 e. The van der Waals surface area contributed by atoms with Gasteiger partial charge in [-0.1, -0.05) is 251 Å². The Kier molecular flexibility index (Phi) is 64.5. The summed E-state index contributed by atoms with van der Waals surface area (Å²) >= 11 is 0. The molecule has 16 nitrogen and oxygen atoms in total. The maximum absolute atomic E-state index is 12.9. The van der Waals surface area contributed by atoms with Crippen LogP contribution >= 0.6 is 15.6 Å². The van der Waals surface area contributed by atoms with Gasteiger partial charge in [-0.3, -0.25) is 32.5 Å². The van der Waals surface area contributed by atoms with E-state index < -0.39 is 91.5 Å². The average molecular weight is 1350 g/mol. The number of esters is 3. The molecule has 0 aromatic carbocycles. The number of aliphatic hydroxyl groups is 2. The van der Waals surface area contributed by atoms with Crippen molar-refractivity contribution in [3.05, 3.63) is 134 Å². The van der Waals surface area contributed by atoms with Crippen LogP contribution in [0.15, 0.2) is 134 Å². The summed E-state index contributed by atoms with van der Waals surface area (Å²) in [5.41, 5.74) is 0. The molecule has 0 rings (SSSR count). The molecule has 0 spiro atoms. The van der Waals surface area contributed by atoms with Gasteiger partial charge >= 0.3 is 33.6 Å². The maximum atomic E-state index is 12.9. The largest absolute Gasteiger partial charge is 0.472 e. The number of hydrogen-bond donors (Lipinski definition) is 4. The minimum atomic E-state index is -4.93. The number of unbranched alkanes of at least 4 members (excludes halogenated alkanes) is 21. The molecule has 0 saturated heterocycles. The zero-order valence-electron chi connectivity index (χ0n) is 57.6. The van der Waals surface area contributed by atoms with Crippen LogP contribution < -0.4 is 0 Å².